The van der Waals surface area contributed by atoms with Crippen LogP contribution in [0.2, 0.25) is 0 Å². The normalized spacial score (nSPS) is 12.4. The van der Waals surface area contributed by atoms with Gasteiger partial charge in [-0.25, -0.2) is 9.59 Å². The number of H-pyrrole nitrogens is 2. The minimum absolute atomic E-state index is 0.0506. The first kappa shape index (κ1) is 33.9. The lowest BCUT2D eigenvalue weighted by Gasteiger charge is -2.23. The van der Waals surface area contributed by atoms with E-state index in [0.29, 0.717) is 24.0 Å². The average Bonchev–Trinajstić information content (AvgIpc) is 3.62. The van der Waals surface area contributed by atoms with Crippen molar-refractivity contribution in [1.29, 1.82) is 0 Å². The molecule has 4 aromatic rings. The zero-order chi connectivity index (χ0) is 32.7. The Hall–Kier alpha value is -4.02. The molecule has 2 aromatic carbocycles. The molecule has 2 heterocycles. The van der Waals surface area contributed by atoms with Gasteiger partial charge in [-0.05, 0) is 102 Å². The Morgan fingerprint density at radius 2 is 1.27 bits per heavy atom. The van der Waals surface area contributed by atoms with Gasteiger partial charge in [0.05, 0.1) is 0 Å². The number of hydrogen-bond acceptors (Lipinski definition) is 6. The highest BCUT2D eigenvalue weighted by molar-refractivity contribution is 5.92. The van der Waals surface area contributed by atoms with Crippen LogP contribution in [-0.4, -0.2) is 109 Å². The van der Waals surface area contributed by atoms with Crippen molar-refractivity contribution in [1.82, 2.24) is 29.6 Å². The number of carbonyl (C=O) groups is 2. The molecule has 0 aliphatic rings. The Balaban J connectivity index is 1.27. The number of nitrogens with one attached hydrogen (secondary N) is 2. The average molecular weight is 619 g/mol. The fourth-order valence-electron chi connectivity index (χ4n) is 5.39. The maximum absolute atomic E-state index is 13.1. The van der Waals surface area contributed by atoms with E-state index in [1.807, 2.05) is 62.6 Å². The quantitative estimate of drug-likeness (QED) is 0.174. The summed E-state index contributed by atoms with van der Waals surface area (Å²) in [5.74, 6) is 1.46. The number of rotatable bonds is 14. The molecule has 0 fully saturated rings. The van der Waals surface area contributed by atoms with Crippen molar-refractivity contribution in [2.24, 2.45) is 5.92 Å². The maximum atomic E-state index is 13.1. The molecule has 0 saturated heterocycles. The summed E-state index contributed by atoms with van der Waals surface area (Å²) in [6.45, 7) is 9.34. The van der Waals surface area contributed by atoms with Gasteiger partial charge in [-0.3, -0.25) is 0 Å². The van der Waals surface area contributed by atoms with Crippen LogP contribution >= 0.6 is 0 Å². The molecule has 2 N–H and O–H groups in total. The largest absolute Gasteiger partial charge is 0.415 e. The third-order valence-electron chi connectivity index (χ3n) is 8.45. The van der Waals surface area contributed by atoms with E-state index in [1.165, 1.54) is 0 Å². The molecule has 0 radical (unpaired) electrons. The number of aromatic amines is 2. The van der Waals surface area contributed by atoms with Crippen LogP contribution in [0.5, 0.6) is 11.5 Å². The highest BCUT2D eigenvalue weighted by Crippen LogP contribution is 2.31. The first-order chi connectivity index (χ1) is 21.4. The zero-order valence-electron chi connectivity index (χ0n) is 28.1. The van der Waals surface area contributed by atoms with Crippen LogP contribution in [0.15, 0.2) is 48.8 Å². The van der Waals surface area contributed by atoms with E-state index >= 15 is 0 Å². The van der Waals surface area contributed by atoms with Gasteiger partial charge >= 0.3 is 12.2 Å². The molecule has 45 heavy (non-hydrogen) atoms. The molecule has 0 bridgehead atoms. The van der Waals surface area contributed by atoms with Gasteiger partial charge < -0.3 is 39.0 Å². The third-order valence-corrected chi connectivity index (χ3v) is 8.45. The highest BCUT2D eigenvalue weighted by atomic mass is 16.6. The van der Waals surface area contributed by atoms with Crippen molar-refractivity contribution >= 4 is 34.0 Å². The van der Waals surface area contributed by atoms with Gasteiger partial charge in [-0.1, -0.05) is 19.1 Å². The molecule has 10 nitrogen and oxygen atoms in total. The number of amides is 2. The maximum Gasteiger partial charge on any atom is 0.415 e. The van der Waals surface area contributed by atoms with Crippen molar-refractivity contribution in [2.45, 2.75) is 46.1 Å². The Kier molecular flexibility index (Phi) is 11.5. The number of ether oxygens (including phenoxy) is 2. The number of benzene rings is 2. The summed E-state index contributed by atoms with van der Waals surface area (Å²) in [7, 11) is 9.76. The van der Waals surface area contributed by atoms with Crippen molar-refractivity contribution < 1.29 is 19.1 Å². The fourth-order valence-corrected chi connectivity index (χ4v) is 5.39. The van der Waals surface area contributed by atoms with Crippen molar-refractivity contribution in [2.75, 3.05) is 61.4 Å². The van der Waals surface area contributed by atoms with Crippen LogP contribution in [0.3, 0.4) is 0 Å². The van der Waals surface area contributed by atoms with Gasteiger partial charge in [0.25, 0.3) is 0 Å². The highest BCUT2D eigenvalue weighted by Gasteiger charge is 2.20. The van der Waals surface area contributed by atoms with E-state index in [4.69, 9.17) is 9.47 Å². The standard InChI is InChI=1S/C35H50N6O4/c1-24(2)41(8)35(43)45-31-14-10-12-29-33(31)27(22-37-29)17-20-39(6)19-15-25(3)23-40(7)34(42)44-30-13-9-11-28-32(30)26(21-36-28)16-18-38(4)5/h9-14,21-22,24-25,36-37H,15-20,23H2,1-8H3. The monoisotopic (exact) mass is 618 g/mol. The Morgan fingerprint density at radius 3 is 1.80 bits per heavy atom. The molecular weight excluding hydrogens is 568 g/mol. The number of carbonyl (C=O) groups excluding carboxylic acids is 2. The summed E-state index contributed by atoms with van der Waals surface area (Å²) in [5.41, 5.74) is 4.18. The number of aromatic nitrogens is 2. The van der Waals surface area contributed by atoms with E-state index in [-0.39, 0.29) is 18.2 Å². The fraction of sp³-hybridized carbons (Fsp3) is 0.486. The number of nitrogens with zero attached hydrogens (tertiary/aromatic N) is 4. The number of likely N-dealkylation sites (N-methyl/N-ethyl adjacent to an activating group) is 2. The first-order valence-corrected chi connectivity index (χ1v) is 15.8. The molecule has 1 atom stereocenters. The van der Waals surface area contributed by atoms with Gasteiger partial charge in [-0.15, -0.1) is 0 Å². The van der Waals surface area contributed by atoms with E-state index in [0.717, 1.165) is 71.8 Å². The number of hydrogen-bond donors (Lipinski definition) is 2. The molecular formula is C35H50N6O4. The molecule has 4 rings (SSSR count). The second-order valence-corrected chi connectivity index (χ2v) is 12.8. The topological polar surface area (TPSA) is 97.1 Å². The summed E-state index contributed by atoms with van der Waals surface area (Å²) in [4.78, 5) is 40.0. The van der Waals surface area contributed by atoms with E-state index in [1.54, 1.807) is 23.9 Å². The lowest BCUT2D eigenvalue weighted by atomic mass is 10.1. The Morgan fingerprint density at radius 1 is 0.733 bits per heavy atom. The van der Waals surface area contributed by atoms with Crippen LogP contribution in [0.25, 0.3) is 21.8 Å². The molecule has 2 amide bonds. The van der Waals surface area contributed by atoms with Crippen LogP contribution in [0.4, 0.5) is 9.59 Å². The predicted molar refractivity (Wildman–Crippen MR) is 181 cm³/mol. The SMILES string of the molecule is CC(CCN(C)CCc1c[nH]c2cccc(OC(=O)N(C)C(C)C)c12)CN(C)C(=O)Oc1cccc2[nH]cc(CCN(C)C)c12. The van der Waals surface area contributed by atoms with Crippen molar-refractivity contribution in [3.8, 4) is 11.5 Å². The Bertz CT molecular complexity index is 1570. The summed E-state index contributed by atoms with van der Waals surface area (Å²) in [6, 6.07) is 11.6. The summed E-state index contributed by atoms with van der Waals surface area (Å²) in [5, 5.41) is 1.92. The van der Waals surface area contributed by atoms with E-state index < -0.39 is 0 Å². The lowest BCUT2D eigenvalue weighted by Crippen LogP contribution is -2.35. The second kappa shape index (κ2) is 15.3. The van der Waals surface area contributed by atoms with Gasteiger partial charge in [-0.2, -0.15) is 0 Å². The molecule has 0 aliphatic heterocycles. The first-order valence-electron chi connectivity index (χ1n) is 15.8. The second-order valence-electron chi connectivity index (χ2n) is 12.8. The molecule has 0 spiro atoms. The summed E-state index contributed by atoms with van der Waals surface area (Å²) in [6.07, 6.45) is 5.92. The van der Waals surface area contributed by atoms with E-state index in [9.17, 15) is 9.59 Å². The minimum Gasteiger partial charge on any atom is -0.409 e. The number of fused-ring (bicyclic) bond motifs is 2. The van der Waals surface area contributed by atoms with E-state index in [2.05, 4.69) is 47.8 Å². The molecule has 0 saturated carbocycles. The molecule has 10 heteroatoms. The van der Waals surface area contributed by atoms with Crippen LogP contribution < -0.4 is 9.47 Å². The smallest absolute Gasteiger partial charge is 0.409 e. The summed E-state index contributed by atoms with van der Waals surface area (Å²) < 4.78 is 11.7. The minimum atomic E-state index is -0.365. The predicted octanol–water partition coefficient (Wildman–Crippen LogP) is 6.22. The third kappa shape index (κ3) is 8.79. The van der Waals surface area contributed by atoms with Gasteiger partial charge in [0, 0.05) is 74.0 Å². The molecule has 244 valence electrons. The van der Waals surface area contributed by atoms with Gasteiger partial charge in [0.2, 0.25) is 0 Å². The van der Waals surface area contributed by atoms with Crippen molar-refractivity contribution in [3.05, 3.63) is 59.9 Å². The Labute approximate surface area is 267 Å². The molecule has 1 unspecified atom stereocenters. The van der Waals surface area contributed by atoms with Crippen LogP contribution in [0.1, 0.15) is 38.3 Å². The van der Waals surface area contributed by atoms with Gasteiger partial charge in [0.15, 0.2) is 0 Å². The molecule has 2 aromatic heterocycles. The molecule has 0 aliphatic carbocycles. The van der Waals surface area contributed by atoms with Crippen molar-refractivity contribution in [3.63, 3.8) is 0 Å². The van der Waals surface area contributed by atoms with Crippen LogP contribution in [0, 0.1) is 5.92 Å². The van der Waals surface area contributed by atoms with Crippen LogP contribution in [-0.2, 0) is 12.8 Å². The lowest BCUT2D eigenvalue weighted by molar-refractivity contribution is 0.152. The zero-order valence-corrected chi connectivity index (χ0v) is 28.1. The van der Waals surface area contributed by atoms with Gasteiger partial charge in [0.1, 0.15) is 11.5 Å². The summed E-state index contributed by atoms with van der Waals surface area (Å²) >= 11 is 0.